The number of rotatable bonds is 30. The molecule has 0 aliphatic rings. The highest BCUT2D eigenvalue weighted by atomic mass is 35.5. The summed E-state index contributed by atoms with van der Waals surface area (Å²) in [6.07, 6.45) is -3.18. The Morgan fingerprint density at radius 2 is 0.971 bits per heavy atom. The molecule has 24 heteroatoms. The van der Waals surface area contributed by atoms with Crippen LogP contribution in [0.5, 0.6) is 0 Å². The van der Waals surface area contributed by atoms with Gasteiger partial charge in [-0.05, 0) is 61.3 Å². The Bertz CT molecular complexity index is 2180. The first-order valence-corrected chi connectivity index (χ1v) is 22.7. The lowest BCUT2D eigenvalue weighted by atomic mass is 9.98. The maximum atomic E-state index is 14.1. The van der Waals surface area contributed by atoms with Gasteiger partial charge < -0.3 is 63.4 Å². The summed E-state index contributed by atoms with van der Waals surface area (Å²) in [5.41, 5.74) is 6.84. The van der Waals surface area contributed by atoms with E-state index in [0.717, 1.165) is 6.92 Å². The standard InChI is InChI=1S/C46H63ClN8O15/c1-23(2)19-31(53-45(68)38(24(3)4)55-40(63)29(48)15-17-35(56)57)43(66)51-32(20-27-11-13-28(47)14-12-27)44(67)52-33(22-37(60)61)42(65)49-25(5)39(62)50-30(16-18-36(58)59)41(64)54-34(46(69)70)21-26-9-7-6-8-10-26/h6-14,23-25,29-34,38H,15-22,48H2,1-5H3,(H,49,65)(H,50,62)(H,51,66)(H,52,67)(H,53,68)(H,54,64)(H,55,63)(H,56,57)(H,58,59)(H,60,61)(H,69,70)/t25-,29-,30-,31-,32-,33-,34-,38-/m0/s1. The molecule has 2 aromatic rings. The summed E-state index contributed by atoms with van der Waals surface area (Å²) < 4.78 is 0. The number of nitrogens with one attached hydrogen (secondary N) is 7. The third-order valence-corrected chi connectivity index (χ3v) is 10.8. The highest BCUT2D eigenvalue weighted by Gasteiger charge is 2.35. The zero-order valence-electron chi connectivity index (χ0n) is 39.4. The van der Waals surface area contributed by atoms with Gasteiger partial charge in [0.1, 0.15) is 42.3 Å². The van der Waals surface area contributed by atoms with Crippen molar-refractivity contribution in [2.75, 3.05) is 0 Å². The van der Waals surface area contributed by atoms with Gasteiger partial charge in [0.25, 0.3) is 0 Å². The molecule has 0 heterocycles. The number of carboxylic acid groups (broad SMARTS) is 4. The maximum absolute atomic E-state index is 14.1. The van der Waals surface area contributed by atoms with E-state index >= 15 is 0 Å². The summed E-state index contributed by atoms with van der Waals surface area (Å²) in [6, 6.07) is 2.42. The number of hydrogen-bond acceptors (Lipinski definition) is 12. The molecule has 0 aliphatic carbocycles. The molecular formula is C46H63ClN8O15. The predicted molar refractivity (Wildman–Crippen MR) is 250 cm³/mol. The van der Waals surface area contributed by atoms with Crippen molar-refractivity contribution in [1.29, 1.82) is 0 Å². The molecule has 0 radical (unpaired) electrons. The minimum Gasteiger partial charge on any atom is -0.481 e. The second-order valence-corrected chi connectivity index (χ2v) is 17.8. The molecule has 2 rings (SSSR count). The van der Waals surface area contributed by atoms with Gasteiger partial charge >= 0.3 is 23.9 Å². The summed E-state index contributed by atoms with van der Waals surface area (Å²) in [4.78, 5) is 141. The molecule has 0 aromatic heterocycles. The minimum absolute atomic E-state index is 0.0143. The first-order valence-electron chi connectivity index (χ1n) is 22.3. The zero-order chi connectivity index (χ0) is 52.8. The molecule has 0 saturated heterocycles. The fourth-order valence-electron chi connectivity index (χ4n) is 6.70. The summed E-state index contributed by atoms with van der Waals surface area (Å²) in [7, 11) is 0. The normalized spacial score (nSPS) is 14.5. The number of carbonyl (C=O) groups is 11. The Balaban J connectivity index is 2.36. The third-order valence-electron chi connectivity index (χ3n) is 10.5. The van der Waals surface area contributed by atoms with Gasteiger partial charge in [-0.25, -0.2) is 4.79 Å². The average Bonchev–Trinajstić information content (AvgIpc) is 3.27. The van der Waals surface area contributed by atoms with Crippen LogP contribution in [0.15, 0.2) is 54.6 Å². The molecule has 384 valence electrons. The van der Waals surface area contributed by atoms with Crippen molar-refractivity contribution in [1.82, 2.24) is 37.2 Å². The number of nitrogens with two attached hydrogens (primary N) is 1. The second-order valence-electron chi connectivity index (χ2n) is 17.3. The van der Waals surface area contributed by atoms with Gasteiger partial charge in [-0.3, -0.25) is 47.9 Å². The van der Waals surface area contributed by atoms with Gasteiger partial charge in [0.2, 0.25) is 41.4 Å². The molecule has 0 aliphatic heterocycles. The smallest absolute Gasteiger partial charge is 0.326 e. The van der Waals surface area contributed by atoms with Crippen molar-refractivity contribution >= 4 is 76.8 Å². The highest BCUT2D eigenvalue weighted by Crippen LogP contribution is 2.14. The maximum Gasteiger partial charge on any atom is 0.326 e. The van der Waals surface area contributed by atoms with Crippen molar-refractivity contribution in [3.05, 3.63) is 70.7 Å². The fraction of sp³-hybridized carbons (Fsp3) is 0.500. The Labute approximate surface area is 408 Å². The van der Waals surface area contributed by atoms with Crippen LogP contribution >= 0.6 is 11.6 Å². The van der Waals surface area contributed by atoms with Crippen LogP contribution in [0.3, 0.4) is 0 Å². The first kappa shape index (κ1) is 59.0. The summed E-state index contributed by atoms with van der Waals surface area (Å²) in [5, 5.41) is 55.0. The molecule has 2 aromatic carbocycles. The lowest BCUT2D eigenvalue weighted by Gasteiger charge is -2.28. The Kier molecular flexibility index (Phi) is 24.5. The first-order chi connectivity index (χ1) is 32.8. The van der Waals surface area contributed by atoms with E-state index in [4.69, 9.17) is 22.4 Å². The predicted octanol–water partition coefficient (Wildman–Crippen LogP) is -0.143. The zero-order valence-corrected chi connectivity index (χ0v) is 40.1. The molecule has 0 bridgehead atoms. The fourth-order valence-corrected chi connectivity index (χ4v) is 6.82. The summed E-state index contributed by atoms with van der Waals surface area (Å²) >= 11 is 6.06. The topological polar surface area (TPSA) is 379 Å². The van der Waals surface area contributed by atoms with Crippen LogP contribution in [0, 0.1) is 11.8 Å². The van der Waals surface area contributed by atoms with Crippen molar-refractivity contribution in [3.63, 3.8) is 0 Å². The Morgan fingerprint density at radius 3 is 1.51 bits per heavy atom. The SMILES string of the molecule is CC(C)C[C@H](NC(=O)[C@@H](NC(=O)[C@@H](N)CCC(=O)O)C(C)C)C(=O)N[C@@H](Cc1ccc(Cl)cc1)C(=O)N[C@@H](CC(=O)O)C(=O)N[C@@H](C)C(=O)N[C@@H](CCC(=O)O)C(=O)N[C@@H](Cc1ccccc1)C(=O)O. The molecule has 70 heavy (non-hydrogen) atoms. The number of halogens is 1. The molecule has 0 saturated carbocycles. The van der Waals surface area contributed by atoms with Gasteiger partial charge in [-0.2, -0.15) is 0 Å². The van der Waals surface area contributed by atoms with E-state index in [-0.39, 0.29) is 31.6 Å². The van der Waals surface area contributed by atoms with Gasteiger partial charge in [0.05, 0.1) is 12.5 Å². The van der Waals surface area contributed by atoms with Crippen molar-refractivity contribution in [2.24, 2.45) is 17.6 Å². The van der Waals surface area contributed by atoms with Crippen LogP contribution in [0.1, 0.15) is 84.3 Å². The molecule has 7 amide bonds. The molecular weight excluding hydrogens is 940 g/mol. The third kappa shape index (κ3) is 21.4. The van der Waals surface area contributed by atoms with E-state index in [0.29, 0.717) is 16.1 Å². The number of hydrogen-bond donors (Lipinski definition) is 12. The van der Waals surface area contributed by atoms with Crippen molar-refractivity contribution in [2.45, 2.75) is 134 Å². The van der Waals surface area contributed by atoms with Gasteiger partial charge in [-0.15, -0.1) is 0 Å². The average molecular weight is 1000 g/mol. The van der Waals surface area contributed by atoms with E-state index in [1.807, 2.05) is 0 Å². The van der Waals surface area contributed by atoms with E-state index in [9.17, 15) is 68.1 Å². The highest BCUT2D eigenvalue weighted by molar-refractivity contribution is 6.30. The van der Waals surface area contributed by atoms with Gasteiger partial charge in [0.15, 0.2) is 0 Å². The quantitative estimate of drug-likeness (QED) is 0.0484. The van der Waals surface area contributed by atoms with Crippen LogP contribution in [0.25, 0.3) is 0 Å². The van der Waals surface area contributed by atoms with E-state index in [1.54, 1.807) is 58.0 Å². The molecule has 8 atom stereocenters. The molecule has 0 fully saturated rings. The van der Waals surface area contributed by atoms with Crippen LogP contribution in [-0.4, -0.2) is 134 Å². The lowest BCUT2D eigenvalue weighted by Crippen LogP contribution is -2.61. The van der Waals surface area contributed by atoms with Crippen LogP contribution in [-0.2, 0) is 65.6 Å². The van der Waals surface area contributed by atoms with Crippen molar-refractivity contribution < 1.29 is 73.2 Å². The number of carbonyl (C=O) groups excluding carboxylic acids is 7. The van der Waals surface area contributed by atoms with E-state index < -0.39 is 145 Å². The van der Waals surface area contributed by atoms with E-state index in [2.05, 4.69) is 37.2 Å². The molecule has 13 N–H and O–H groups in total. The molecule has 0 unspecified atom stereocenters. The van der Waals surface area contributed by atoms with E-state index in [1.165, 1.54) is 24.3 Å². The van der Waals surface area contributed by atoms with Crippen LogP contribution in [0.2, 0.25) is 5.02 Å². The number of benzene rings is 2. The monoisotopic (exact) mass is 1000 g/mol. The Morgan fingerprint density at radius 1 is 0.500 bits per heavy atom. The molecule has 0 spiro atoms. The number of aliphatic carboxylic acids is 4. The second kappa shape index (κ2) is 29.0. The number of carboxylic acids is 4. The largest absolute Gasteiger partial charge is 0.481 e. The van der Waals surface area contributed by atoms with Crippen LogP contribution < -0.4 is 43.0 Å². The van der Waals surface area contributed by atoms with Gasteiger partial charge in [0, 0.05) is 30.7 Å². The lowest BCUT2D eigenvalue weighted by molar-refractivity contribution is -0.143. The Hall–Kier alpha value is -7.14. The summed E-state index contributed by atoms with van der Waals surface area (Å²) in [5.74, 6) is -13.2. The summed E-state index contributed by atoms with van der Waals surface area (Å²) in [6.45, 7) is 7.86. The van der Waals surface area contributed by atoms with Crippen LogP contribution in [0.4, 0.5) is 0 Å². The van der Waals surface area contributed by atoms with Crippen molar-refractivity contribution in [3.8, 4) is 0 Å². The minimum atomic E-state index is -1.89. The van der Waals surface area contributed by atoms with Gasteiger partial charge in [-0.1, -0.05) is 81.8 Å². The molecule has 23 nitrogen and oxygen atoms in total. The number of amides is 7.